The number of nitrogens with two attached hydrogens (primary N) is 1. The number of halogens is 2. The fraction of sp³-hybridized carbons (Fsp3) is 0.357. The second-order valence-corrected chi connectivity index (χ2v) is 9.97. The minimum Gasteiger partial charge on any atom is -0.333 e. The number of aldehydes is 2. The van der Waals surface area contributed by atoms with Crippen LogP contribution >= 0.6 is 23.2 Å². The van der Waals surface area contributed by atoms with Gasteiger partial charge in [0.25, 0.3) is 0 Å². The standard InChI is InChI=1S/C27H29Cl2N5O3.CH5N/c1-18(16-35)32(2)27(37)33(15-19-11-13-30-14-12-19)26-24(17-36)34(21-9-7-20(28)8-10-21)25(31-26)22-5-3-4-6-23(22)29;1-2/h3-10,16-19,30H,11-15H2,1-2H3;2H2,1H3. The molecule has 0 radical (unpaired) electrons. The van der Waals surface area contributed by atoms with E-state index in [9.17, 15) is 14.4 Å². The first-order valence-corrected chi connectivity index (χ1v) is 13.5. The van der Waals surface area contributed by atoms with Gasteiger partial charge in [0.1, 0.15) is 17.8 Å². The van der Waals surface area contributed by atoms with Crippen LogP contribution in [0.3, 0.4) is 0 Å². The first-order chi connectivity index (χ1) is 18.8. The van der Waals surface area contributed by atoms with Gasteiger partial charge in [0, 0.05) is 29.9 Å². The highest BCUT2D eigenvalue weighted by Crippen LogP contribution is 2.35. The Kier molecular flexibility index (Phi) is 11.1. The second-order valence-electron chi connectivity index (χ2n) is 9.13. The normalized spacial score (nSPS) is 14.1. The molecule has 1 fully saturated rings. The van der Waals surface area contributed by atoms with Gasteiger partial charge in [0.05, 0.1) is 11.1 Å². The molecule has 0 aliphatic carbocycles. The van der Waals surface area contributed by atoms with Gasteiger partial charge in [0.15, 0.2) is 12.1 Å². The quantitative estimate of drug-likeness (QED) is 0.379. The third-order valence-electron chi connectivity index (χ3n) is 6.70. The van der Waals surface area contributed by atoms with Crippen molar-refractivity contribution < 1.29 is 14.4 Å². The summed E-state index contributed by atoms with van der Waals surface area (Å²) in [4.78, 5) is 45.6. The average molecular weight is 574 g/mol. The summed E-state index contributed by atoms with van der Waals surface area (Å²) in [7, 11) is 3.07. The van der Waals surface area contributed by atoms with Gasteiger partial charge in [0.2, 0.25) is 0 Å². The molecule has 0 spiro atoms. The zero-order valence-corrected chi connectivity index (χ0v) is 23.8. The molecule has 1 aliphatic rings. The largest absolute Gasteiger partial charge is 0.333 e. The molecule has 1 atom stereocenters. The maximum absolute atomic E-state index is 13.8. The van der Waals surface area contributed by atoms with Crippen LogP contribution in [0.1, 0.15) is 30.3 Å². The maximum Gasteiger partial charge on any atom is 0.326 e. The third kappa shape index (κ3) is 6.86. The summed E-state index contributed by atoms with van der Waals surface area (Å²) in [6.45, 7) is 3.70. The lowest BCUT2D eigenvalue weighted by Crippen LogP contribution is -2.49. The highest BCUT2D eigenvalue weighted by atomic mass is 35.5. The molecule has 2 aromatic carbocycles. The highest BCUT2D eigenvalue weighted by Gasteiger charge is 2.32. The number of carbonyl (C=O) groups is 3. The number of aromatic nitrogens is 2. The molecule has 1 aromatic heterocycles. The number of nitrogens with one attached hydrogen (secondary N) is 1. The van der Waals surface area contributed by atoms with Crippen molar-refractivity contribution in [3.05, 3.63) is 64.3 Å². The minimum absolute atomic E-state index is 0.201. The van der Waals surface area contributed by atoms with E-state index in [1.807, 2.05) is 18.2 Å². The molecule has 0 bridgehead atoms. The molecule has 11 heteroatoms. The minimum atomic E-state index is -0.649. The molecule has 3 N–H and O–H groups in total. The Bertz CT molecular complexity index is 1270. The lowest BCUT2D eigenvalue weighted by Gasteiger charge is -2.33. The van der Waals surface area contributed by atoms with Gasteiger partial charge >= 0.3 is 6.03 Å². The maximum atomic E-state index is 13.8. The first-order valence-electron chi connectivity index (χ1n) is 12.7. The van der Waals surface area contributed by atoms with Crippen LogP contribution in [0.15, 0.2) is 48.5 Å². The average Bonchev–Trinajstić information content (AvgIpc) is 3.36. The fourth-order valence-corrected chi connectivity index (χ4v) is 4.78. The summed E-state index contributed by atoms with van der Waals surface area (Å²) in [6, 6.07) is 13.1. The SMILES string of the molecule is CC(C=O)N(C)C(=O)N(CC1CCNCC1)c1nc(-c2ccccc2Cl)n(-c2ccc(Cl)cc2)c1C=O.CN. The molecule has 2 amide bonds. The van der Waals surface area contributed by atoms with Crippen molar-refractivity contribution in [1.82, 2.24) is 19.8 Å². The van der Waals surface area contributed by atoms with Crippen LogP contribution in [0.4, 0.5) is 10.6 Å². The Labute approximate surface area is 238 Å². The summed E-state index contributed by atoms with van der Waals surface area (Å²) in [5, 5.41) is 4.33. The molecule has 208 valence electrons. The molecular weight excluding hydrogens is 539 g/mol. The van der Waals surface area contributed by atoms with E-state index in [0.717, 1.165) is 25.9 Å². The molecule has 1 aliphatic heterocycles. The summed E-state index contributed by atoms with van der Waals surface area (Å²) >= 11 is 12.7. The number of carbonyl (C=O) groups excluding carboxylic acids is 3. The molecule has 2 heterocycles. The number of hydrogen-bond acceptors (Lipinski definition) is 6. The van der Waals surface area contributed by atoms with Crippen molar-refractivity contribution in [1.29, 1.82) is 0 Å². The Balaban J connectivity index is 0.00000205. The van der Waals surface area contributed by atoms with Crippen molar-refractivity contribution in [3.8, 4) is 17.1 Å². The number of likely N-dealkylation sites (N-methyl/N-ethyl adjacent to an activating group) is 1. The molecule has 4 rings (SSSR count). The van der Waals surface area contributed by atoms with E-state index in [1.165, 1.54) is 16.8 Å². The number of piperidine rings is 1. The molecule has 0 saturated carbocycles. The molecule has 1 saturated heterocycles. The van der Waals surface area contributed by atoms with E-state index < -0.39 is 12.1 Å². The molecular formula is C28H34Cl2N6O3. The summed E-state index contributed by atoms with van der Waals surface area (Å²) < 4.78 is 1.69. The number of imidazole rings is 1. The molecule has 3 aromatic rings. The van der Waals surface area contributed by atoms with Crippen molar-refractivity contribution in [3.63, 3.8) is 0 Å². The van der Waals surface area contributed by atoms with Crippen molar-refractivity contribution in [2.24, 2.45) is 11.7 Å². The topological polar surface area (TPSA) is 114 Å². The molecule has 9 nitrogen and oxygen atoms in total. The zero-order chi connectivity index (χ0) is 28.5. The van der Waals surface area contributed by atoms with Gasteiger partial charge in [-0.2, -0.15) is 0 Å². The summed E-state index contributed by atoms with van der Waals surface area (Å²) in [5.41, 5.74) is 5.95. The monoisotopic (exact) mass is 572 g/mol. The van der Waals surface area contributed by atoms with E-state index in [4.69, 9.17) is 28.2 Å². The van der Waals surface area contributed by atoms with E-state index in [-0.39, 0.29) is 17.4 Å². The Hall–Kier alpha value is -3.24. The number of nitrogens with zero attached hydrogens (tertiary/aromatic N) is 4. The Morgan fingerprint density at radius 3 is 2.36 bits per heavy atom. The molecule has 39 heavy (non-hydrogen) atoms. The number of rotatable bonds is 8. The zero-order valence-electron chi connectivity index (χ0n) is 22.3. The van der Waals surface area contributed by atoms with Crippen LogP contribution in [0.5, 0.6) is 0 Å². The first kappa shape index (κ1) is 30.3. The van der Waals surface area contributed by atoms with Gasteiger partial charge in [-0.05, 0) is 82.2 Å². The van der Waals surface area contributed by atoms with Gasteiger partial charge in [-0.25, -0.2) is 9.78 Å². The Morgan fingerprint density at radius 1 is 1.13 bits per heavy atom. The van der Waals surface area contributed by atoms with Gasteiger partial charge < -0.3 is 20.7 Å². The van der Waals surface area contributed by atoms with Crippen LogP contribution in [-0.4, -0.2) is 72.8 Å². The van der Waals surface area contributed by atoms with E-state index in [1.54, 1.807) is 48.9 Å². The van der Waals surface area contributed by atoms with Crippen LogP contribution in [0.25, 0.3) is 17.1 Å². The summed E-state index contributed by atoms with van der Waals surface area (Å²) in [5.74, 6) is 0.835. The van der Waals surface area contributed by atoms with Crippen LogP contribution < -0.4 is 16.0 Å². The van der Waals surface area contributed by atoms with Gasteiger partial charge in [-0.15, -0.1) is 0 Å². The van der Waals surface area contributed by atoms with Gasteiger partial charge in [-0.3, -0.25) is 14.3 Å². The third-order valence-corrected chi connectivity index (χ3v) is 7.28. The summed E-state index contributed by atoms with van der Waals surface area (Å²) in [6.07, 6.45) is 3.16. The predicted molar refractivity (Wildman–Crippen MR) is 156 cm³/mol. The van der Waals surface area contributed by atoms with Gasteiger partial charge in [-0.1, -0.05) is 35.3 Å². The van der Waals surface area contributed by atoms with Crippen LogP contribution in [-0.2, 0) is 4.79 Å². The smallest absolute Gasteiger partial charge is 0.326 e. The van der Waals surface area contributed by atoms with Crippen molar-refractivity contribution >= 4 is 47.6 Å². The van der Waals surface area contributed by atoms with E-state index >= 15 is 0 Å². The lowest BCUT2D eigenvalue weighted by molar-refractivity contribution is -0.110. The second kappa shape index (κ2) is 14.2. The van der Waals surface area contributed by atoms with E-state index in [0.29, 0.717) is 46.2 Å². The van der Waals surface area contributed by atoms with Crippen LogP contribution in [0, 0.1) is 5.92 Å². The highest BCUT2D eigenvalue weighted by molar-refractivity contribution is 6.33. The van der Waals surface area contributed by atoms with Crippen LogP contribution in [0.2, 0.25) is 10.0 Å². The van der Waals surface area contributed by atoms with E-state index in [2.05, 4.69) is 11.1 Å². The number of amides is 2. The number of benzene rings is 2. The number of anilines is 1. The predicted octanol–water partition coefficient (Wildman–Crippen LogP) is 4.68. The van der Waals surface area contributed by atoms with Crippen molar-refractivity contribution in [2.75, 3.05) is 38.6 Å². The Morgan fingerprint density at radius 2 is 1.77 bits per heavy atom. The number of urea groups is 1. The number of hydrogen-bond donors (Lipinski definition) is 2. The molecule has 1 unspecified atom stereocenters. The lowest BCUT2D eigenvalue weighted by atomic mass is 9.97. The fourth-order valence-electron chi connectivity index (χ4n) is 4.43. The van der Waals surface area contributed by atoms with Crippen molar-refractivity contribution in [2.45, 2.75) is 25.8 Å².